The average molecular weight is 589 g/mol. The van der Waals surface area contributed by atoms with E-state index < -0.39 is 22.5 Å². The lowest BCUT2D eigenvalue weighted by Crippen LogP contribution is -2.38. The summed E-state index contributed by atoms with van der Waals surface area (Å²) in [4.78, 5) is 25.9. The maximum atomic E-state index is 13.6. The number of ether oxygens (including phenoxy) is 1. The van der Waals surface area contributed by atoms with Gasteiger partial charge in [-0.15, -0.1) is 0 Å². The van der Waals surface area contributed by atoms with E-state index in [0.29, 0.717) is 29.3 Å². The minimum absolute atomic E-state index is 0.0331. The van der Waals surface area contributed by atoms with Gasteiger partial charge in [-0.3, -0.25) is 13.9 Å². The molecule has 0 aromatic heterocycles. The zero-order chi connectivity index (χ0) is 27.0. The minimum Gasteiger partial charge on any atom is -0.494 e. The van der Waals surface area contributed by atoms with E-state index in [2.05, 4.69) is 26.6 Å². The van der Waals surface area contributed by atoms with Crippen molar-refractivity contribution in [3.63, 3.8) is 0 Å². The molecule has 0 unspecified atom stereocenters. The van der Waals surface area contributed by atoms with E-state index in [1.54, 1.807) is 60.7 Å². The Labute approximate surface area is 226 Å². The Morgan fingerprint density at radius 3 is 2.24 bits per heavy atom. The molecule has 0 radical (unpaired) electrons. The number of halogens is 1. The molecule has 196 valence electrons. The van der Waals surface area contributed by atoms with E-state index in [0.717, 1.165) is 15.2 Å². The normalized spacial score (nSPS) is 11.9. The molecule has 0 spiro atoms. The van der Waals surface area contributed by atoms with Crippen LogP contribution in [0.3, 0.4) is 0 Å². The van der Waals surface area contributed by atoms with E-state index in [9.17, 15) is 18.0 Å². The fourth-order valence-corrected chi connectivity index (χ4v) is 5.12. The van der Waals surface area contributed by atoms with E-state index in [-0.39, 0.29) is 16.8 Å². The maximum absolute atomic E-state index is 13.6. The summed E-state index contributed by atoms with van der Waals surface area (Å²) in [7, 11) is -4.10. The lowest BCUT2D eigenvalue weighted by atomic mass is 10.1. The molecular formula is C27H30BrN3O5S. The first-order valence-electron chi connectivity index (χ1n) is 11.9. The maximum Gasteiger partial charge on any atom is 0.264 e. The molecule has 3 aromatic rings. The highest BCUT2D eigenvalue weighted by atomic mass is 79.9. The SMILES string of the molecule is CCOc1ccc(N(CC(=O)Nc2ccccc2C(=O)N[C@H](C)CC)S(=O)(=O)c2ccc(Br)cc2)cc1. The lowest BCUT2D eigenvalue weighted by molar-refractivity contribution is -0.114. The summed E-state index contributed by atoms with van der Waals surface area (Å²) in [5.41, 5.74) is 0.879. The quantitative estimate of drug-likeness (QED) is 0.320. The summed E-state index contributed by atoms with van der Waals surface area (Å²) >= 11 is 3.31. The smallest absolute Gasteiger partial charge is 0.264 e. The van der Waals surface area contributed by atoms with Crippen molar-refractivity contribution in [2.24, 2.45) is 0 Å². The Kier molecular flexibility index (Phi) is 9.71. The van der Waals surface area contributed by atoms with E-state index in [1.807, 2.05) is 20.8 Å². The fourth-order valence-electron chi connectivity index (χ4n) is 3.44. The molecule has 2 N–H and O–H groups in total. The molecule has 0 fully saturated rings. The molecule has 10 heteroatoms. The number of hydrogen-bond donors (Lipinski definition) is 2. The molecule has 0 saturated carbocycles. The van der Waals surface area contributed by atoms with Gasteiger partial charge >= 0.3 is 0 Å². The monoisotopic (exact) mass is 587 g/mol. The van der Waals surface area contributed by atoms with Crippen molar-refractivity contribution in [2.45, 2.75) is 38.1 Å². The van der Waals surface area contributed by atoms with E-state index in [1.165, 1.54) is 12.1 Å². The number of para-hydroxylation sites is 1. The Morgan fingerprint density at radius 1 is 0.973 bits per heavy atom. The van der Waals surface area contributed by atoms with Crippen LogP contribution in [-0.4, -0.2) is 39.4 Å². The molecule has 0 aliphatic rings. The summed E-state index contributed by atoms with van der Waals surface area (Å²) in [5, 5.41) is 5.59. The number of carbonyl (C=O) groups excluding carboxylic acids is 2. The highest BCUT2D eigenvalue weighted by molar-refractivity contribution is 9.10. The van der Waals surface area contributed by atoms with Crippen LogP contribution in [0.4, 0.5) is 11.4 Å². The van der Waals surface area contributed by atoms with Crippen molar-refractivity contribution in [3.05, 3.63) is 82.8 Å². The van der Waals surface area contributed by atoms with E-state index >= 15 is 0 Å². The molecule has 0 aliphatic carbocycles. The number of benzene rings is 3. The highest BCUT2D eigenvalue weighted by Gasteiger charge is 2.28. The van der Waals surface area contributed by atoms with Crippen LogP contribution >= 0.6 is 15.9 Å². The number of amides is 2. The first-order chi connectivity index (χ1) is 17.6. The van der Waals surface area contributed by atoms with Crippen LogP contribution in [0.2, 0.25) is 0 Å². The van der Waals surface area contributed by atoms with Gasteiger partial charge in [0, 0.05) is 10.5 Å². The van der Waals surface area contributed by atoms with Crippen molar-refractivity contribution in [1.82, 2.24) is 5.32 Å². The molecule has 0 saturated heterocycles. The van der Waals surface area contributed by atoms with Gasteiger partial charge in [-0.1, -0.05) is 35.0 Å². The summed E-state index contributed by atoms with van der Waals surface area (Å²) in [6.07, 6.45) is 0.755. The molecule has 3 rings (SSSR count). The van der Waals surface area contributed by atoms with Crippen LogP contribution in [0, 0.1) is 0 Å². The van der Waals surface area contributed by atoms with Crippen molar-refractivity contribution < 1.29 is 22.7 Å². The molecular weight excluding hydrogens is 558 g/mol. The molecule has 1 atom stereocenters. The van der Waals surface area contributed by atoms with Crippen molar-refractivity contribution >= 4 is 49.1 Å². The molecule has 0 aliphatic heterocycles. The van der Waals surface area contributed by atoms with Gasteiger partial charge in [-0.25, -0.2) is 8.42 Å². The van der Waals surface area contributed by atoms with Gasteiger partial charge in [0.25, 0.3) is 15.9 Å². The zero-order valence-corrected chi connectivity index (χ0v) is 23.3. The number of rotatable bonds is 11. The third-order valence-corrected chi connectivity index (χ3v) is 7.88. The molecule has 0 heterocycles. The number of sulfonamides is 1. The lowest BCUT2D eigenvalue weighted by Gasteiger charge is -2.24. The summed E-state index contributed by atoms with van der Waals surface area (Å²) in [6, 6.07) is 19.2. The van der Waals surface area contributed by atoms with Gasteiger partial charge in [0.15, 0.2) is 0 Å². The predicted molar refractivity (Wildman–Crippen MR) is 149 cm³/mol. The summed E-state index contributed by atoms with van der Waals surface area (Å²) < 4.78 is 34.4. The zero-order valence-electron chi connectivity index (χ0n) is 20.9. The number of anilines is 2. The van der Waals surface area contributed by atoms with Crippen LogP contribution in [-0.2, 0) is 14.8 Å². The first-order valence-corrected chi connectivity index (χ1v) is 14.1. The van der Waals surface area contributed by atoms with Crippen LogP contribution in [0.15, 0.2) is 82.2 Å². The van der Waals surface area contributed by atoms with Crippen LogP contribution < -0.4 is 19.7 Å². The van der Waals surface area contributed by atoms with Gasteiger partial charge in [0.2, 0.25) is 5.91 Å². The molecule has 8 nitrogen and oxygen atoms in total. The second-order valence-corrected chi connectivity index (χ2v) is 11.0. The molecule has 0 bridgehead atoms. The van der Waals surface area contributed by atoms with Crippen molar-refractivity contribution in [2.75, 3.05) is 22.8 Å². The largest absolute Gasteiger partial charge is 0.494 e. The van der Waals surface area contributed by atoms with Crippen molar-refractivity contribution in [3.8, 4) is 5.75 Å². The van der Waals surface area contributed by atoms with Crippen LogP contribution in [0.5, 0.6) is 5.75 Å². The summed E-state index contributed by atoms with van der Waals surface area (Å²) in [5.74, 6) is -0.340. The Balaban J connectivity index is 1.91. The first kappa shape index (κ1) is 28.2. The van der Waals surface area contributed by atoms with Crippen LogP contribution in [0.25, 0.3) is 0 Å². The average Bonchev–Trinajstić information content (AvgIpc) is 2.88. The van der Waals surface area contributed by atoms with Gasteiger partial charge in [-0.2, -0.15) is 0 Å². The van der Waals surface area contributed by atoms with Gasteiger partial charge in [0.1, 0.15) is 12.3 Å². The number of nitrogens with one attached hydrogen (secondary N) is 2. The van der Waals surface area contributed by atoms with Crippen LogP contribution in [0.1, 0.15) is 37.6 Å². The second-order valence-electron chi connectivity index (χ2n) is 8.27. The van der Waals surface area contributed by atoms with Gasteiger partial charge < -0.3 is 15.4 Å². The fraction of sp³-hybridized carbons (Fsp3) is 0.259. The van der Waals surface area contributed by atoms with Gasteiger partial charge in [-0.05, 0) is 80.9 Å². The molecule has 3 aromatic carbocycles. The number of hydrogen-bond acceptors (Lipinski definition) is 5. The summed E-state index contributed by atoms with van der Waals surface area (Å²) in [6.45, 7) is 5.66. The molecule has 37 heavy (non-hydrogen) atoms. The van der Waals surface area contributed by atoms with Crippen molar-refractivity contribution in [1.29, 1.82) is 0 Å². The van der Waals surface area contributed by atoms with E-state index in [4.69, 9.17) is 4.74 Å². The predicted octanol–water partition coefficient (Wildman–Crippen LogP) is 5.21. The Hall–Kier alpha value is -3.37. The highest BCUT2D eigenvalue weighted by Crippen LogP contribution is 2.27. The Bertz CT molecular complexity index is 1330. The third-order valence-electron chi connectivity index (χ3n) is 5.56. The Morgan fingerprint density at radius 2 is 1.62 bits per heavy atom. The minimum atomic E-state index is -4.10. The van der Waals surface area contributed by atoms with Gasteiger partial charge in [0.05, 0.1) is 28.4 Å². The number of carbonyl (C=O) groups is 2. The third kappa shape index (κ3) is 7.33. The second kappa shape index (κ2) is 12.7. The number of nitrogens with zero attached hydrogens (tertiary/aromatic N) is 1. The molecule has 2 amide bonds. The topological polar surface area (TPSA) is 105 Å². The standard InChI is InChI=1S/C27H30BrN3O5S/c1-4-19(3)29-27(33)24-8-6-7-9-25(24)30-26(32)18-31(21-12-14-22(15-13-21)36-5-2)37(34,35)23-16-10-20(28)11-17-23/h6-17,19H,4-5,18H2,1-3H3,(H,29,33)(H,30,32)/t19-/m1/s1.